The molecule has 2 unspecified atom stereocenters. The number of carbonyl (C=O) groups excluding carboxylic acids is 1. The van der Waals surface area contributed by atoms with E-state index in [4.69, 9.17) is 4.74 Å². The van der Waals surface area contributed by atoms with Crippen LogP contribution in [0.15, 0.2) is 12.1 Å². The zero-order chi connectivity index (χ0) is 11.7. The molecule has 0 bridgehead atoms. The van der Waals surface area contributed by atoms with E-state index < -0.39 is 0 Å². The van der Waals surface area contributed by atoms with Crippen LogP contribution < -0.4 is 4.90 Å². The van der Waals surface area contributed by atoms with Crippen LogP contribution in [0.4, 0.5) is 5.00 Å². The lowest BCUT2D eigenvalue weighted by atomic mass is 9.90. The van der Waals surface area contributed by atoms with Crippen LogP contribution >= 0.6 is 11.3 Å². The van der Waals surface area contributed by atoms with Gasteiger partial charge in [0.05, 0.1) is 28.6 Å². The van der Waals surface area contributed by atoms with E-state index in [1.807, 2.05) is 6.07 Å². The zero-order valence-corrected chi connectivity index (χ0v) is 10.6. The van der Waals surface area contributed by atoms with Gasteiger partial charge in [-0.1, -0.05) is 12.8 Å². The molecule has 0 N–H and O–H groups in total. The quantitative estimate of drug-likeness (QED) is 0.757. The summed E-state index contributed by atoms with van der Waals surface area (Å²) in [6.07, 6.45) is 6.34. The highest BCUT2D eigenvalue weighted by Gasteiger charge is 2.34. The van der Waals surface area contributed by atoms with Crippen LogP contribution in [0.1, 0.15) is 35.4 Å². The van der Waals surface area contributed by atoms with Gasteiger partial charge in [-0.05, 0) is 25.0 Å². The first-order chi connectivity index (χ1) is 8.38. The molecule has 1 saturated heterocycles. The van der Waals surface area contributed by atoms with Crippen molar-refractivity contribution in [3.63, 3.8) is 0 Å². The molecule has 0 radical (unpaired) electrons. The van der Waals surface area contributed by atoms with Crippen molar-refractivity contribution in [2.75, 3.05) is 18.1 Å². The smallest absolute Gasteiger partial charge is 0.160 e. The van der Waals surface area contributed by atoms with Gasteiger partial charge in [0.1, 0.15) is 0 Å². The predicted octanol–water partition coefficient (Wildman–Crippen LogP) is 2.71. The fourth-order valence-electron chi connectivity index (χ4n) is 2.93. The second kappa shape index (κ2) is 4.78. The molecule has 2 fully saturated rings. The molecule has 1 aliphatic carbocycles. The summed E-state index contributed by atoms with van der Waals surface area (Å²) < 4.78 is 5.86. The monoisotopic (exact) mass is 251 g/mol. The van der Waals surface area contributed by atoms with Crippen molar-refractivity contribution in [2.45, 2.75) is 37.8 Å². The summed E-state index contributed by atoms with van der Waals surface area (Å²) in [5, 5.41) is 1.23. The van der Waals surface area contributed by atoms with E-state index in [1.165, 1.54) is 30.7 Å². The Balaban J connectivity index is 1.82. The first-order valence-corrected chi connectivity index (χ1v) is 7.13. The average molecular weight is 251 g/mol. The molecule has 4 heteroatoms. The van der Waals surface area contributed by atoms with Gasteiger partial charge in [-0.25, -0.2) is 0 Å². The van der Waals surface area contributed by atoms with Crippen LogP contribution in [-0.2, 0) is 4.74 Å². The van der Waals surface area contributed by atoms with Gasteiger partial charge in [0.15, 0.2) is 6.29 Å². The van der Waals surface area contributed by atoms with Crippen LogP contribution in [-0.4, -0.2) is 31.6 Å². The third kappa shape index (κ3) is 2.11. The third-order valence-corrected chi connectivity index (χ3v) is 4.79. The van der Waals surface area contributed by atoms with Gasteiger partial charge in [0, 0.05) is 6.54 Å². The van der Waals surface area contributed by atoms with Gasteiger partial charge < -0.3 is 9.64 Å². The van der Waals surface area contributed by atoms with E-state index in [2.05, 4.69) is 11.0 Å². The number of thiophene rings is 1. The molecule has 1 aromatic heterocycles. The third-order valence-electron chi connectivity index (χ3n) is 3.74. The number of nitrogens with zero attached hydrogens (tertiary/aromatic N) is 1. The fourth-order valence-corrected chi connectivity index (χ4v) is 3.84. The van der Waals surface area contributed by atoms with E-state index in [0.717, 1.165) is 24.3 Å². The topological polar surface area (TPSA) is 29.5 Å². The molecular formula is C13H17NO2S. The van der Waals surface area contributed by atoms with Gasteiger partial charge in [-0.2, -0.15) is 0 Å². The maximum atomic E-state index is 10.8. The molecule has 0 spiro atoms. The van der Waals surface area contributed by atoms with E-state index >= 15 is 0 Å². The molecule has 92 valence electrons. The van der Waals surface area contributed by atoms with Crippen molar-refractivity contribution in [2.24, 2.45) is 0 Å². The Morgan fingerprint density at radius 3 is 3.06 bits per heavy atom. The Morgan fingerprint density at radius 1 is 1.35 bits per heavy atom. The Labute approximate surface area is 105 Å². The van der Waals surface area contributed by atoms with E-state index in [0.29, 0.717) is 12.1 Å². The largest absolute Gasteiger partial charge is 0.374 e. The standard InChI is InChI=1S/C13H17NO2S/c15-9-10-5-6-13(17-10)14-7-8-16-12-4-2-1-3-11(12)14/h5-6,9,11-12H,1-4,7-8H2. The minimum absolute atomic E-state index is 0.402. The number of ether oxygens (including phenoxy) is 1. The second-order valence-corrected chi connectivity index (χ2v) is 5.84. The van der Waals surface area contributed by atoms with Gasteiger partial charge in [0.25, 0.3) is 0 Å². The summed E-state index contributed by atoms with van der Waals surface area (Å²) in [4.78, 5) is 14.0. The summed E-state index contributed by atoms with van der Waals surface area (Å²) >= 11 is 1.60. The van der Waals surface area contributed by atoms with Crippen molar-refractivity contribution in [1.82, 2.24) is 0 Å². The van der Waals surface area contributed by atoms with E-state index in [-0.39, 0.29) is 0 Å². The van der Waals surface area contributed by atoms with Crippen LogP contribution in [0, 0.1) is 0 Å². The molecule has 2 aliphatic rings. The number of rotatable bonds is 2. The minimum atomic E-state index is 0.402. The number of morpholine rings is 1. The van der Waals surface area contributed by atoms with Crippen molar-refractivity contribution >= 4 is 22.6 Å². The lowest BCUT2D eigenvalue weighted by Gasteiger charge is -2.44. The maximum Gasteiger partial charge on any atom is 0.160 e. The van der Waals surface area contributed by atoms with Crippen molar-refractivity contribution < 1.29 is 9.53 Å². The second-order valence-electron chi connectivity index (χ2n) is 4.75. The molecule has 1 aromatic rings. The summed E-state index contributed by atoms with van der Waals surface area (Å²) in [5.74, 6) is 0. The first kappa shape index (κ1) is 11.2. The molecule has 3 rings (SSSR count). The maximum absolute atomic E-state index is 10.8. The first-order valence-electron chi connectivity index (χ1n) is 6.32. The van der Waals surface area contributed by atoms with E-state index in [9.17, 15) is 4.79 Å². The van der Waals surface area contributed by atoms with E-state index in [1.54, 1.807) is 11.3 Å². The number of hydrogen-bond acceptors (Lipinski definition) is 4. The normalized spacial score (nSPS) is 28.8. The highest BCUT2D eigenvalue weighted by molar-refractivity contribution is 7.17. The molecule has 2 atom stereocenters. The molecule has 3 nitrogen and oxygen atoms in total. The van der Waals surface area contributed by atoms with Crippen LogP contribution in [0.3, 0.4) is 0 Å². The summed E-state index contributed by atoms with van der Waals surface area (Å²) in [5.41, 5.74) is 0. The zero-order valence-electron chi connectivity index (χ0n) is 9.80. The fraction of sp³-hybridized carbons (Fsp3) is 0.615. The van der Waals surface area contributed by atoms with Crippen LogP contribution in [0.2, 0.25) is 0 Å². The van der Waals surface area contributed by atoms with Gasteiger partial charge in [0.2, 0.25) is 0 Å². The predicted molar refractivity (Wildman–Crippen MR) is 69.0 cm³/mol. The molecule has 17 heavy (non-hydrogen) atoms. The van der Waals surface area contributed by atoms with Crippen LogP contribution in [0.25, 0.3) is 0 Å². The Kier molecular flexibility index (Phi) is 3.16. The summed E-state index contributed by atoms with van der Waals surface area (Å²) in [6.45, 7) is 1.77. The lowest BCUT2D eigenvalue weighted by Crippen LogP contribution is -2.52. The van der Waals surface area contributed by atoms with Crippen molar-refractivity contribution in [3.05, 3.63) is 17.0 Å². The minimum Gasteiger partial charge on any atom is -0.374 e. The number of anilines is 1. The number of carbonyl (C=O) groups is 1. The highest BCUT2D eigenvalue weighted by Crippen LogP contribution is 2.35. The summed E-state index contributed by atoms with van der Waals surface area (Å²) in [6, 6.07) is 4.52. The molecular weight excluding hydrogens is 234 g/mol. The van der Waals surface area contributed by atoms with Gasteiger partial charge in [-0.15, -0.1) is 11.3 Å². The molecule has 2 heterocycles. The average Bonchev–Trinajstić information content (AvgIpc) is 2.87. The lowest BCUT2D eigenvalue weighted by molar-refractivity contribution is -0.00840. The number of aldehydes is 1. The van der Waals surface area contributed by atoms with Crippen molar-refractivity contribution in [3.8, 4) is 0 Å². The molecule has 1 aliphatic heterocycles. The molecule has 0 amide bonds. The highest BCUT2D eigenvalue weighted by atomic mass is 32.1. The van der Waals surface area contributed by atoms with Gasteiger partial charge in [-0.3, -0.25) is 4.79 Å². The number of hydrogen-bond donors (Lipinski definition) is 0. The summed E-state index contributed by atoms with van der Waals surface area (Å²) in [7, 11) is 0. The Hall–Kier alpha value is -0.870. The number of fused-ring (bicyclic) bond motifs is 1. The molecule has 1 saturated carbocycles. The molecule has 0 aromatic carbocycles. The Bertz CT molecular complexity index is 402. The SMILES string of the molecule is O=Cc1ccc(N2CCOC3CCCCC32)s1. The van der Waals surface area contributed by atoms with Gasteiger partial charge >= 0.3 is 0 Å². The van der Waals surface area contributed by atoms with Crippen molar-refractivity contribution in [1.29, 1.82) is 0 Å². The Morgan fingerprint density at radius 2 is 2.24 bits per heavy atom. The van der Waals surface area contributed by atoms with Crippen LogP contribution in [0.5, 0.6) is 0 Å².